The number of nitrogens with two attached hydrogens (primary N) is 1. The van der Waals surface area contributed by atoms with E-state index in [-0.39, 0.29) is 12.1 Å². The second-order valence-electron chi connectivity index (χ2n) is 5.06. The Bertz CT molecular complexity index is 186. The van der Waals surface area contributed by atoms with Gasteiger partial charge in [-0.25, -0.2) is 0 Å². The van der Waals surface area contributed by atoms with Crippen LogP contribution >= 0.6 is 0 Å². The van der Waals surface area contributed by atoms with Crippen molar-refractivity contribution in [2.45, 2.75) is 57.5 Å². The molecule has 90 valence electrons. The van der Waals surface area contributed by atoms with Crippen LogP contribution in [0.3, 0.4) is 0 Å². The van der Waals surface area contributed by atoms with Crippen LogP contribution in [0.4, 0.5) is 0 Å². The second kappa shape index (κ2) is 5.83. The van der Waals surface area contributed by atoms with E-state index in [9.17, 15) is 0 Å². The van der Waals surface area contributed by atoms with Crippen molar-refractivity contribution in [2.75, 3.05) is 13.2 Å². The zero-order chi connectivity index (χ0) is 11.3. The molecule has 0 aromatic rings. The maximum absolute atomic E-state index is 8.80. The number of aliphatic hydroxyl groups excluding tert-OH is 1. The zero-order valence-electron chi connectivity index (χ0n) is 10.1. The summed E-state index contributed by atoms with van der Waals surface area (Å²) in [4.78, 5) is 0. The molecule has 3 heteroatoms. The standard InChI is InChI=1S/C12H26N2O/c1-10-5-3-7-12(10,9-13)14-11(2)6-4-8-15/h10-11,14-15H,3-9,13H2,1-2H3. The summed E-state index contributed by atoms with van der Waals surface area (Å²) in [7, 11) is 0. The van der Waals surface area contributed by atoms with Gasteiger partial charge in [0.1, 0.15) is 0 Å². The Hall–Kier alpha value is -0.120. The van der Waals surface area contributed by atoms with Gasteiger partial charge in [0, 0.05) is 24.7 Å². The summed E-state index contributed by atoms with van der Waals surface area (Å²) in [5.74, 6) is 0.680. The fraction of sp³-hybridized carbons (Fsp3) is 1.00. The van der Waals surface area contributed by atoms with Crippen molar-refractivity contribution in [1.29, 1.82) is 0 Å². The fourth-order valence-electron chi connectivity index (χ4n) is 2.78. The number of hydrogen-bond donors (Lipinski definition) is 3. The maximum atomic E-state index is 8.80. The molecule has 0 bridgehead atoms. The molecular weight excluding hydrogens is 188 g/mol. The van der Waals surface area contributed by atoms with E-state index >= 15 is 0 Å². The minimum Gasteiger partial charge on any atom is -0.396 e. The molecule has 0 spiro atoms. The Morgan fingerprint density at radius 3 is 2.80 bits per heavy atom. The van der Waals surface area contributed by atoms with Crippen LogP contribution in [0.5, 0.6) is 0 Å². The quantitative estimate of drug-likeness (QED) is 0.624. The zero-order valence-corrected chi connectivity index (χ0v) is 10.1. The molecule has 0 radical (unpaired) electrons. The molecular formula is C12H26N2O. The number of aliphatic hydroxyl groups is 1. The van der Waals surface area contributed by atoms with Gasteiger partial charge in [-0.2, -0.15) is 0 Å². The Labute approximate surface area is 93.4 Å². The number of hydrogen-bond acceptors (Lipinski definition) is 3. The normalized spacial score (nSPS) is 33.2. The second-order valence-corrected chi connectivity index (χ2v) is 5.06. The van der Waals surface area contributed by atoms with Crippen molar-refractivity contribution >= 4 is 0 Å². The van der Waals surface area contributed by atoms with Crippen LogP contribution in [-0.4, -0.2) is 29.8 Å². The van der Waals surface area contributed by atoms with Crippen molar-refractivity contribution in [3.8, 4) is 0 Å². The van der Waals surface area contributed by atoms with Crippen molar-refractivity contribution < 1.29 is 5.11 Å². The van der Waals surface area contributed by atoms with E-state index in [0.717, 1.165) is 19.4 Å². The van der Waals surface area contributed by atoms with Crippen LogP contribution in [0.15, 0.2) is 0 Å². The van der Waals surface area contributed by atoms with E-state index in [0.29, 0.717) is 12.0 Å². The molecule has 15 heavy (non-hydrogen) atoms. The van der Waals surface area contributed by atoms with Gasteiger partial charge in [-0.15, -0.1) is 0 Å². The van der Waals surface area contributed by atoms with E-state index in [4.69, 9.17) is 10.8 Å². The van der Waals surface area contributed by atoms with Crippen molar-refractivity contribution in [3.05, 3.63) is 0 Å². The summed E-state index contributed by atoms with van der Waals surface area (Å²) in [6, 6.07) is 0.459. The van der Waals surface area contributed by atoms with Gasteiger partial charge in [-0.3, -0.25) is 0 Å². The van der Waals surface area contributed by atoms with Crippen LogP contribution in [0, 0.1) is 5.92 Å². The first-order valence-electron chi connectivity index (χ1n) is 6.23. The third kappa shape index (κ3) is 3.16. The van der Waals surface area contributed by atoms with Crippen LogP contribution in [0.25, 0.3) is 0 Å². The van der Waals surface area contributed by atoms with E-state index in [1.807, 2.05) is 0 Å². The highest BCUT2D eigenvalue weighted by Crippen LogP contribution is 2.35. The van der Waals surface area contributed by atoms with Gasteiger partial charge in [-0.05, 0) is 38.5 Å². The molecule has 0 heterocycles. The molecule has 1 aliphatic carbocycles. The lowest BCUT2D eigenvalue weighted by molar-refractivity contribution is 0.222. The van der Waals surface area contributed by atoms with Crippen molar-refractivity contribution in [2.24, 2.45) is 11.7 Å². The number of rotatable bonds is 6. The van der Waals surface area contributed by atoms with Gasteiger partial charge in [-0.1, -0.05) is 13.3 Å². The highest BCUT2D eigenvalue weighted by molar-refractivity contribution is 4.99. The first-order valence-corrected chi connectivity index (χ1v) is 6.23. The first kappa shape index (κ1) is 12.9. The highest BCUT2D eigenvalue weighted by Gasteiger charge is 2.39. The summed E-state index contributed by atoms with van der Waals surface area (Å²) in [6.07, 6.45) is 5.69. The summed E-state index contributed by atoms with van der Waals surface area (Å²) >= 11 is 0. The smallest absolute Gasteiger partial charge is 0.0431 e. The topological polar surface area (TPSA) is 58.3 Å². The van der Waals surface area contributed by atoms with E-state index in [2.05, 4.69) is 19.2 Å². The largest absolute Gasteiger partial charge is 0.396 e. The van der Waals surface area contributed by atoms with E-state index in [1.54, 1.807) is 0 Å². The third-order valence-corrected chi connectivity index (χ3v) is 3.90. The average Bonchev–Trinajstić information content (AvgIpc) is 2.58. The summed E-state index contributed by atoms with van der Waals surface area (Å²) in [5, 5.41) is 12.5. The van der Waals surface area contributed by atoms with E-state index < -0.39 is 0 Å². The van der Waals surface area contributed by atoms with E-state index in [1.165, 1.54) is 19.3 Å². The van der Waals surface area contributed by atoms with Gasteiger partial charge in [0.25, 0.3) is 0 Å². The molecule has 1 fully saturated rings. The molecule has 4 N–H and O–H groups in total. The van der Waals surface area contributed by atoms with Crippen LogP contribution in [-0.2, 0) is 0 Å². The molecule has 1 aliphatic rings. The monoisotopic (exact) mass is 214 g/mol. The molecule has 0 amide bonds. The van der Waals surface area contributed by atoms with Gasteiger partial charge in [0.05, 0.1) is 0 Å². The molecule has 1 rings (SSSR count). The molecule has 3 nitrogen and oxygen atoms in total. The van der Waals surface area contributed by atoms with Gasteiger partial charge in [0.15, 0.2) is 0 Å². The summed E-state index contributed by atoms with van der Waals surface area (Å²) in [6.45, 7) is 5.51. The molecule has 0 aliphatic heterocycles. The maximum Gasteiger partial charge on any atom is 0.0431 e. The molecule has 0 saturated heterocycles. The lowest BCUT2D eigenvalue weighted by Gasteiger charge is -2.37. The lowest BCUT2D eigenvalue weighted by atomic mass is 9.87. The summed E-state index contributed by atoms with van der Waals surface area (Å²) in [5.41, 5.74) is 6.09. The molecule has 0 aromatic heterocycles. The minimum atomic E-state index is 0.162. The Kier molecular flexibility index (Phi) is 5.03. The Morgan fingerprint density at radius 1 is 1.60 bits per heavy atom. The minimum absolute atomic E-state index is 0.162. The lowest BCUT2D eigenvalue weighted by Crippen LogP contribution is -2.56. The third-order valence-electron chi connectivity index (χ3n) is 3.90. The highest BCUT2D eigenvalue weighted by atomic mass is 16.2. The fourth-order valence-corrected chi connectivity index (χ4v) is 2.78. The predicted octanol–water partition coefficient (Wildman–Crippen LogP) is 1.25. The van der Waals surface area contributed by atoms with Crippen molar-refractivity contribution in [1.82, 2.24) is 5.32 Å². The average molecular weight is 214 g/mol. The SMILES string of the molecule is CC(CCCO)NC1(CN)CCCC1C. The summed E-state index contributed by atoms with van der Waals surface area (Å²) < 4.78 is 0. The number of nitrogens with one attached hydrogen (secondary N) is 1. The van der Waals surface area contributed by atoms with Crippen molar-refractivity contribution in [3.63, 3.8) is 0 Å². The molecule has 3 atom stereocenters. The Morgan fingerprint density at radius 2 is 2.33 bits per heavy atom. The van der Waals surface area contributed by atoms with Gasteiger partial charge < -0.3 is 16.2 Å². The molecule has 0 aromatic carbocycles. The van der Waals surface area contributed by atoms with Gasteiger partial charge in [0.2, 0.25) is 0 Å². The van der Waals surface area contributed by atoms with Crippen LogP contribution in [0.2, 0.25) is 0 Å². The van der Waals surface area contributed by atoms with Crippen LogP contribution < -0.4 is 11.1 Å². The molecule has 1 saturated carbocycles. The van der Waals surface area contributed by atoms with Gasteiger partial charge >= 0.3 is 0 Å². The molecule has 3 unspecified atom stereocenters. The first-order chi connectivity index (χ1) is 7.14. The predicted molar refractivity (Wildman–Crippen MR) is 63.7 cm³/mol. The van der Waals surface area contributed by atoms with Crippen LogP contribution in [0.1, 0.15) is 46.0 Å². The Balaban J connectivity index is 2.45.